The van der Waals surface area contributed by atoms with Crippen molar-refractivity contribution in [3.63, 3.8) is 0 Å². The average molecular weight is 1200 g/mol. The number of nitrogens with one attached hydrogen (secondary N) is 1. The second-order valence-electron chi connectivity index (χ2n) is 24.3. The summed E-state index contributed by atoms with van der Waals surface area (Å²) < 4.78 is 30.8. The molecule has 0 aliphatic rings. The van der Waals surface area contributed by atoms with Gasteiger partial charge in [0, 0.05) is 12.8 Å². The SMILES string of the molecule is CC/C=C\C/C=C\C/C=C\C/C=C\C/C=C\CCCCCCCCCCCC(=O)OC(/C=C/CCCCCCCCCCC)C(COP(=O)(O)OCC[N+](C)(C)C)NC(=O)CCCCCCCCC/C=C\C/C=C\C/C=C\C/C=C\CCCCC. The summed E-state index contributed by atoms with van der Waals surface area (Å²) in [5.41, 5.74) is 0. The largest absolute Gasteiger partial charge is 0.472 e. The number of hydrogen-bond acceptors (Lipinski definition) is 6. The van der Waals surface area contributed by atoms with Gasteiger partial charge in [0.25, 0.3) is 0 Å². The van der Waals surface area contributed by atoms with Crippen LogP contribution in [0.2, 0.25) is 0 Å². The Kier molecular flexibility index (Phi) is 60.8. The molecule has 1 amide bonds. The lowest BCUT2D eigenvalue weighted by atomic mass is 10.0. The van der Waals surface area contributed by atoms with E-state index < -0.39 is 20.0 Å². The quantitative estimate of drug-likeness (QED) is 0.0205. The Bertz CT molecular complexity index is 1870. The second kappa shape index (κ2) is 63.4. The smallest absolute Gasteiger partial charge is 0.456 e. The van der Waals surface area contributed by atoms with Crippen LogP contribution in [0.1, 0.15) is 290 Å². The molecular formula is C75H132N2O7P+. The fraction of sp³-hybridized carbons (Fsp3) is 0.707. The van der Waals surface area contributed by atoms with Crippen molar-refractivity contribution in [2.45, 2.75) is 303 Å². The van der Waals surface area contributed by atoms with Crippen LogP contribution in [-0.2, 0) is 27.9 Å². The highest BCUT2D eigenvalue weighted by atomic mass is 31.2. The van der Waals surface area contributed by atoms with E-state index in [1.165, 1.54) is 122 Å². The van der Waals surface area contributed by atoms with Gasteiger partial charge in [-0.15, -0.1) is 0 Å². The normalized spacial score (nSPS) is 14.3. The number of carbonyl (C=O) groups excluding carboxylic acids is 2. The first-order valence-corrected chi connectivity index (χ1v) is 36.4. The number of carbonyl (C=O) groups is 2. The number of nitrogens with zero attached hydrogens (tertiary/aromatic N) is 1. The molecule has 0 fully saturated rings. The van der Waals surface area contributed by atoms with E-state index >= 15 is 0 Å². The van der Waals surface area contributed by atoms with Gasteiger partial charge in [0.05, 0.1) is 33.8 Å². The van der Waals surface area contributed by atoms with Crippen LogP contribution >= 0.6 is 7.82 Å². The van der Waals surface area contributed by atoms with Gasteiger partial charge in [-0.3, -0.25) is 18.6 Å². The molecule has 10 heteroatoms. The Morgan fingerprint density at radius 3 is 1.15 bits per heavy atom. The summed E-state index contributed by atoms with van der Waals surface area (Å²) in [5.74, 6) is -0.528. The van der Waals surface area contributed by atoms with Crippen molar-refractivity contribution >= 4 is 19.7 Å². The van der Waals surface area contributed by atoms with Gasteiger partial charge in [-0.05, 0) is 122 Å². The minimum Gasteiger partial charge on any atom is -0.456 e. The van der Waals surface area contributed by atoms with Crippen molar-refractivity contribution in [2.24, 2.45) is 0 Å². The number of phosphoric acid groups is 1. The monoisotopic (exact) mass is 1200 g/mol. The number of unbranched alkanes of at least 4 members (excludes halogenated alkanes) is 28. The van der Waals surface area contributed by atoms with E-state index in [9.17, 15) is 19.0 Å². The van der Waals surface area contributed by atoms with E-state index in [4.69, 9.17) is 13.8 Å². The average Bonchev–Trinajstić information content (AvgIpc) is 3.58. The zero-order valence-electron chi connectivity index (χ0n) is 55.8. The van der Waals surface area contributed by atoms with Gasteiger partial charge in [-0.25, -0.2) is 4.57 Å². The molecule has 0 radical (unpaired) electrons. The van der Waals surface area contributed by atoms with Crippen LogP contribution in [0.15, 0.2) is 122 Å². The Balaban J connectivity index is 5.11. The lowest BCUT2D eigenvalue weighted by molar-refractivity contribution is -0.870. The highest BCUT2D eigenvalue weighted by Gasteiger charge is 2.30. The summed E-state index contributed by atoms with van der Waals surface area (Å²) >= 11 is 0. The van der Waals surface area contributed by atoms with Gasteiger partial charge in [-0.2, -0.15) is 0 Å². The zero-order valence-corrected chi connectivity index (χ0v) is 56.7. The van der Waals surface area contributed by atoms with E-state index in [2.05, 4.69) is 135 Å². The number of hydrogen-bond donors (Lipinski definition) is 2. The molecule has 0 spiro atoms. The van der Waals surface area contributed by atoms with Gasteiger partial charge < -0.3 is 19.4 Å². The Morgan fingerprint density at radius 1 is 0.424 bits per heavy atom. The molecule has 9 nitrogen and oxygen atoms in total. The van der Waals surface area contributed by atoms with E-state index in [1.807, 2.05) is 33.3 Å². The molecule has 0 saturated carbocycles. The van der Waals surface area contributed by atoms with Gasteiger partial charge in [0.15, 0.2) is 0 Å². The predicted molar refractivity (Wildman–Crippen MR) is 369 cm³/mol. The van der Waals surface area contributed by atoms with E-state index in [0.29, 0.717) is 17.4 Å². The molecular weight excluding hydrogens is 1070 g/mol. The first-order chi connectivity index (χ1) is 41.4. The van der Waals surface area contributed by atoms with Crippen LogP contribution in [0, 0.1) is 0 Å². The summed E-state index contributed by atoms with van der Waals surface area (Å²) in [5, 5.41) is 3.06. The van der Waals surface area contributed by atoms with Crippen molar-refractivity contribution in [2.75, 3.05) is 40.9 Å². The van der Waals surface area contributed by atoms with Gasteiger partial charge >= 0.3 is 13.8 Å². The van der Waals surface area contributed by atoms with Gasteiger partial charge in [0.1, 0.15) is 19.3 Å². The molecule has 0 aromatic carbocycles. The van der Waals surface area contributed by atoms with Crippen LogP contribution in [0.25, 0.3) is 0 Å². The summed E-state index contributed by atoms with van der Waals surface area (Å²) in [6, 6.07) is -0.866. The van der Waals surface area contributed by atoms with Crippen LogP contribution in [-0.4, -0.2) is 74.3 Å². The molecule has 0 rings (SSSR count). The maximum atomic E-state index is 13.6. The summed E-state index contributed by atoms with van der Waals surface area (Å²) in [6.45, 7) is 6.86. The maximum absolute atomic E-state index is 13.6. The standard InChI is InChI=1S/C75H131N2O7P/c1-7-10-13-16-19-22-25-27-29-31-33-35-37-38-40-42-44-46-48-50-53-56-59-62-65-68-75(79)84-73(66-63-60-57-54-51-24-21-18-15-12-9-3)72(71-83-85(80,81)82-70-69-77(4,5)6)76-74(78)67-64-61-58-55-52-49-47-45-43-41-39-36-34-32-30-28-26-23-20-17-14-11-8-2/h10,13,19-20,22-23,27-30,33-36,38,40-41,43,63,66,72-73H,7-9,11-12,14-18,21,24-26,31-32,37,39,42,44-62,64-65,67-71H2,1-6H3,(H-,76,78,80,81)/p+1/b13-10-,22-19-,23-20-,29-27-,30-28-,35-33-,36-34-,40-38-,43-41-,66-63+. The van der Waals surface area contributed by atoms with Crippen LogP contribution in [0.3, 0.4) is 0 Å². The molecule has 0 aliphatic carbocycles. The first kappa shape index (κ1) is 81.4. The van der Waals surface area contributed by atoms with Crippen LogP contribution < -0.4 is 5.32 Å². The highest BCUT2D eigenvalue weighted by Crippen LogP contribution is 2.43. The Hall–Kier alpha value is -3.59. The summed E-state index contributed by atoms with van der Waals surface area (Å²) in [7, 11) is 1.47. The number of likely N-dealkylation sites (N-methyl/N-ethyl adjacent to an activating group) is 1. The summed E-state index contributed by atoms with van der Waals surface area (Å²) in [4.78, 5) is 37.9. The Morgan fingerprint density at radius 2 is 0.753 bits per heavy atom. The number of esters is 1. The number of rotatable bonds is 62. The van der Waals surface area contributed by atoms with E-state index in [0.717, 1.165) is 135 Å². The van der Waals surface area contributed by atoms with E-state index in [1.54, 1.807) is 0 Å². The molecule has 2 N–H and O–H groups in total. The molecule has 3 atom stereocenters. The second-order valence-corrected chi connectivity index (χ2v) is 25.8. The summed E-state index contributed by atoms with van der Waals surface area (Å²) in [6.07, 6.45) is 89.2. The van der Waals surface area contributed by atoms with Crippen molar-refractivity contribution in [1.29, 1.82) is 0 Å². The lowest BCUT2D eigenvalue weighted by Crippen LogP contribution is -2.47. The third-order valence-corrected chi connectivity index (χ3v) is 15.9. The number of allylic oxidation sites excluding steroid dienone is 19. The number of phosphoric ester groups is 1. The van der Waals surface area contributed by atoms with Gasteiger partial charge in [-0.1, -0.05) is 277 Å². The fourth-order valence-corrected chi connectivity index (χ4v) is 10.3. The van der Waals surface area contributed by atoms with Crippen LogP contribution in [0.4, 0.5) is 0 Å². The van der Waals surface area contributed by atoms with Crippen molar-refractivity contribution < 1.29 is 37.3 Å². The molecule has 0 saturated heterocycles. The molecule has 3 unspecified atom stereocenters. The minimum atomic E-state index is -4.47. The van der Waals surface area contributed by atoms with Crippen molar-refractivity contribution in [3.8, 4) is 0 Å². The molecule has 0 bridgehead atoms. The van der Waals surface area contributed by atoms with Crippen molar-refractivity contribution in [1.82, 2.24) is 5.32 Å². The first-order valence-electron chi connectivity index (χ1n) is 34.9. The number of amides is 1. The molecule has 0 heterocycles. The molecule has 0 aromatic rings. The Labute approximate surface area is 524 Å². The highest BCUT2D eigenvalue weighted by molar-refractivity contribution is 7.47. The fourth-order valence-electron chi connectivity index (χ4n) is 9.54. The minimum absolute atomic E-state index is 0.0309. The number of ether oxygens (including phenoxy) is 1. The maximum Gasteiger partial charge on any atom is 0.472 e. The predicted octanol–water partition coefficient (Wildman–Crippen LogP) is 22.2. The molecule has 488 valence electrons. The van der Waals surface area contributed by atoms with Crippen LogP contribution in [0.5, 0.6) is 0 Å². The molecule has 85 heavy (non-hydrogen) atoms. The lowest BCUT2D eigenvalue weighted by Gasteiger charge is -2.27. The molecule has 0 aliphatic heterocycles. The number of quaternary nitrogens is 1. The topological polar surface area (TPSA) is 111 Å². The third kappa shape index (κ3) is 64.7. The molecule has 0 aromatic heterocycles. The van der Waals surface area contributed by atoms with E-state index in [-0.39, 0.29) is 31.5 Å². The third-order valence-electron chi connectivity index (χ3n) is 14.9. The van der Waals surface area contributed by atoms with Crippen molar-refractivity contribution in [3.05, 3.63) is 122 Å². The van der Waals surface area contributed by atoms with Gasteiger partial charge in [0.2, 0.25) is 5.91 Å². The zero-order chi connectivity index (χ0) is 62.1.